The second-order valence-electron chi connectivity index (χ2n) is 7.15. The van der Waals surface area contributed by atoms with Crippen LogP contribution in [-0.4, -0.2) is 65.7 Å². The Kier molecular flexibility index (Phi) is 7.45. The first-order chi connectivity index (χ1) is 12.4. The van der Waals surface area contributed by atoms with Crippen LogP contribution in [0.2, 0.25) is 0 Å². The molecule has 6 nitrogen and oxygen atoms in total. The van der Waals surface area contributed by atoms with Crippen molar-refractivity contribution in [2.75, 3.05) is 32.7 Å². The summed E-state index contributed by atoms with van der Waals surface area (Å²) >= 11 is 0. The van der Waals surface area contributed by atoms with Gasteiger partial charge in [-0.15, -0.1) is 0 Å². The van der Waals surface area contributed by atoms with E-state index in [-0.39, 0.29) is 18.6 Å². The Balaban J connectivity index is 1.75. The minimum absolute atomic E-state index is 0.0193. The van der Waals surface area contributed by atoms with Crippen LogP contribution in [0.3, 0.4) is 0 Å². The Morgan fingerprint density at radius 2 is 1.81 bits per heavy atom. The molecule has 1 aliphatic rings. The van der Waals surface area contributed by atoms with Gasteiger partial charge in [-0.25, -0.2) is 4.79 Å². The van der Waals surface area contributed by atoms with E-state index in [1.165, 1.54) is 16.7 Å². The van der Waals surface area contributed by atoms with E-state index < -0.39 is 5.97 Å². The number of carbonyl (C=O) groups is 2. The van der Waals surface area contributed by atoms with Crippen molar-refractivity contribution < 1.29 is 14.7 Å². The van der Waals surface area contributed by atoms with Crippen molar-refractivity contribution in [2.24, 2.45) is 0 Å². The maximum Gasteiger partial charge on any atom is 0.317 e. The van der Waals surface area contributed by atoms with Gasteiger partial charge in [0.1, 0.15) is 0 Å². The van der Waals surface area contributed by atoms with E-state index >= 15 is 0 Å². The molecule has 6 heteroatoms. The quantitative estimate of drug-likeness (QED) is 0.782. The number of aliphatic carboxylic acids is 1. The van der Waals surface area contributed by atoms with Crippen LogP contribution < -0.4 is 5.32 Å². The number of nitrogens with one attached hydrogen (secondary N) is 1. The highest BCUT2D eigenvalue weighted by molar-refractivity contribution is 5.74. The number of amides is 2. The largest absolute Gasteiger partial charge is 0.480 e. The van der Waals surface area contributed by atoms with Crippen molar-refractivity contribution in [2.45, 2.75) is 46.1 Å². The van der Waals surface area contributed by atoms with Crippen molar-refractivity contribution in [3.05, 3.63) is 34.9 Å². The molecular weight excluding hydrogens is 330 g/mol. The van der Waals surface area contributed by atoms with Gasteiger partial charge in [0, 0.05) is 25.7 Å². The van der Waals surface area contributed by atoms with Gasteiger partial charge in [-0.3, -0.25) is 9.69 Å². The molecule has 0 aliphatic carbocycles. The monoisotopic (exact) mass is 361 g/mol. The Hall–Kier alpha value is -2.08. The van der Waals surface area contributed by atoms with Gasteiger partial charge >= 0.3 is 12.0 Å². The highest BCUT2D eigenvalue weighted by Gasteiger charge is 2.27. The molecule has 1 aromatic rings. The fourth-order valence-corrected chi connectivity index (χ4v) is 3.75. The van der Waals surface area contributed by atoms with Gasteiger partial charge in [0.05, 0.1) is 6.54 Å². The molecule has 1 saturated heterocycles. The number of nitrogens with zero attached hydrogens (tertiary/aromatic N) is 2. The van der Waals surface area contributed by atoms with Crippen LogP contribution in [-0.2, 0) is 11.2 Å². The maximum atomic E-state index is 12.4. The van der Waals surface area contributed by atoms with Gasteiger partial charge in [-0.2, -0.15) is 0 Å². The van der Waals surface area contributed by atoms with E-state index in [4.69, 9.17) is 5.11 Å². The van der Waals surface area contributed by atoms with E-state index in [1.807, 2.05) is 16.7 Å². The topological polar surface area (TPSA) is 72.9 Å². The van der Waals surface area contributed by atoms with E-state index in [0.29, 0.717) is 19.6 Å². The average Bonchev–Trinajstić information content (AvgIpc) is 2.58. The Morgan fingerprint density at radius 3 is 2.35 bits per heavy atom. The summed E-state index contributed by atoms with van der Waals surface area (Å²) in [6.07, 6.45) is 2.48. The van der Waals surface area contributed by atoms with Crippen molar-refractivity contribution in [1.82, 2.24) is 15.1 Å². The molecular formula is C20H31N3O3. The van der Waals surface area contributed by atoms with Crippen LogP contribution in [0.15, 0.2) is 18.2 Å². The van der Waals surface area contributed by atoms with Gasteiger partial charge in [-0.05, 0) is 45.2 Å². The lowest BCUT2D eigenvalue weighted by molar-refractivity contribution is -0.139. The first-order valence-corrected chi connectivity index (χ1v) is 9.44. The number of carboxylic acid groups (broad SMARTS) is 1. The molecule has 0 atom stereocenters. The summed E-state index contributed by atoms with van der Waals surface area (Å²) in [6.45, 7) is 8.93. The molecule has 0 saturated carbocycles. The highest BCUT2D eigenvalue weighted by atomic mass is 16.4. The van der Waals surface area contributed by atoms with Crippen molar-refractivity contribution in [3.63, 3.8) is 0 Å². The van der Waals surface area contributed by atoms with Crippen molar-refractivity contribution in [1.29, 1.82) is 0 Å². The first-order valence-electron chi connectivity index (χ1n) is 9.44. The third-order valence-corrected chi connectivity index (χ3v) is 4.98. The Morgan fingerprint density at radius 1 is 1.19 bits per heavy atom. The number of aryl methyl sites for hydroxylation is 2. The minimum atomic E-state index is -0.793. The molecule has 2 amide bonds. The van der Waals surface area contributed by atoms with Gasteiger partial charge in [0.2, 0.25) is 0 Å². The standard InChI is InChI=1S/C20H31N3O3/c1-4-22(14-19(24)25)18-6-9-23(10-7-18)20(26)21-8-5-17-12-15(2)11-16(3)13-17/h11-13,18H,4-10,14H2,1-3H3,(H,21,26)(H,24,25). The number of likely N-dealkylation sites (tertiary alicyclic amines) is 1. The lowest BCUT2D eigenvalue weighted by Gasteiger charge is -2.37. The number of urea groups is 1. The van der Waals surface area contributed by atoms with Crippen LogP contribution in [0.1, 0.15) is 36.5 Å². The van der Waals surface area contributed by atoms with Gasteiger partial charge in [-0.1, -0.05) is 36.2 Å². The van der Waals surface area contributed by atoms with E-state index in [0.717, 1.165) is 25.8 Å². The molecule has 2 N–H and O–H groups in total. The summed E-state index contributed by atoms with van der Waals surface area (Å²) in [4.78, 5) is 27.1. The molecule has 0 radical (unpaired) electrons. The summed E-state index contributed by atoms with van der Waals surface area (Å²) in [5.41, 5.74) is 3.74. The zero-order valence-corrected chi connectivity index (χ0v) is 16.1. The molecule has 0 bridgehead atoms. The third-order valence-electron chi connectivity index (χ3n) is 4.98. The smallest absolute Gasteiger partial charge is 0.317 e. The number of carbonyl (C=O) groups excluding carboxylic acids is 1. The number of carboxylic acids is 1. The normalized spacial score (nSPS) is 15.3. The number of likely N-dealkylation sites (N-methyl/N-ethyl adjacent to an activating group) is 1. The van der Waals surface area contributed by atoms with Crippen LogP contribution in [0.5, 0.6) is 0 Å². The molecule has 144 valence electrons. The molecule has 0 aromatic heterocycles. The fourth-order valence-electron chi connectivity index (χ4n) is 3.75. The molecule has 0 unspecified atom stereocenters. The van der Waals surface area contributed by atoms with Crippen LogP contribution in [0.25, 0.3) is 0 Å². The van der Waals surface area contributed by atoms with E-state index in [1.54, 1.807) is 0 Å². The number of piperidine rings is 1. The molecule has 1 heterocycles. The SMILES string of the molecule is CCN(CC(=O)O)C1CCN(C(=O)NCCc2cc(C)cc(C)c2)CC1. The third kappa shape index (κ3) is 6.02. The number of rotatable bonds is 7. The molecule has 26 heavy (non-hydrogen) atoms. The van der Waals surface area contributed by atoms with Crippen molar-refractivity contribution >= 4 is 12.0 Å². The lowest BCUT2D eigenvalue weighted by atomic mass is 10.0. The predicted octanol–water partition coefficient (Wildman–Crippen LogP) is 2.43. The fraction of sp³-hybridized carbons (Fsp3) is 0.600. The summed E-state index contributed by atoms with van der Waals surface area (Å²) in [5.74, 6) is -0.793. The number of hydrogen-bond acceptors (Lipinski definition) is 3. The number of benzene rings is 1. The summed E-state index contributed by atoms with van der Waals surface area (Å²) in [5, 5.41) is 12.0. The average molecular weight is 361 g/mol. The summed E-state index contributed by atoms with van der Waals surface area (Å²) in [6, 6.07) is 6.69. The maximum absolute atomic E-state index is 12.4. The molecule has 0 spiro atoms. The molecule has 1 aliphatic heterocycles. The van der Waals surface area contributed by atoms with Crippen LogP contribution in [0, 0.1) is 13.8 Å². The predicted molar refractivity (Wildman–Crippen MR) is 102 cm³/mol. The minimum Gasteiger partial charge on any atom is -0.480 e. The van der Waals surface area contributed by atoms with Crippen LogP contribution in [0.4, 0.5) is 4.79 Å². The second kappa shape index (κ2) is 9.57. The van der Waals surface area contributed by atoms with E-state index in [2.05, 4.69) is 37.4 Å². The zero-order chi connectivity index (χ0) is 19.1. The zero-order valence-electron chi connectivity index (χ0n) is 16.1. The molecule has 2 rings (SSSR count). The van der Waals surface area contributed by atoms with Crippen LogP contribution >= 0.6 is 0 Å². The molecule has 1 fully saturated rings. The summed E-state index contributed by atoms with van der Waals surface area (Å²) in [7, 11) is 0. The highest BCUT2D eigenvalue weighted by Crippen LogP contribution is 2.16. The van der Waals surface area contributed by atoms with E-state index in [9.17, 15) is 9.59 Å². The second-order valence-corrected chi connectivity index (χ2v) is 7.15. The summed E-state index contributed by atoms with van der Waals surface area (Å²) < 4.78 is 0. The lowest BCUT2D eigenvalue weighted by Crippen LogP contribution is -2.50. The van der Waals surface area contributed by atoms with Gasteiger partial charge < -0.3 is 15.3 Å². The number of hydrogen-bond donors (Lipinski definition) is 2. The Labute approximate surface area is 156 Å². The van der Waals surface area contributed by atoms with Gasteiger partial charge in [0.15, 0.2) is 0 Å². The first kappa shape index (κ1) is 20.2. The Bertz CT molecular complexity index is 604. The van der Waals surface area contributed by atoms with Crippen molar-refractivity contribution in [3.8, 4) is 0 Å². The van der Waals surface area contributed by atoms with Gasteiger partial charge in [0.25, 0.3) is 0 Å². The molecule has 1 aromatic carbocycles.